The molecule has 0 bridgehead atoms. The number of esters is 4. The standard InChI is InChI=1S/C21H25N3O11S/c1-10(25)31-9-16-17(32-11(2)26)18(33-12(3)27)19(34-13(4)28)20(35-16)23-21(36)22-14-7-5-6-8-15(14)24(29)30/h5-8,16-20H,9H2,1-4H3,(H2,22,23,36)/t16-,17+,18-,19-,20+/m0/s1. The van der Waals surface area contributed by atoms with E-state index in [2.05, 4.69) is 10.6 Å². The van der Waals surface area contributed by atoms with E-state index in [1.54, 1.807) is 6.07 Å². The van der Waals surface area contributed by atoms with Crippen molar-refractivity contribution in [2.75, 3.05) is 11.9 Å². The number of rotatable bonds is 8. The van der Waals surface area contributed by atoms with Gasteiger partial charge >= 0.3 is 23.9 Å². The van der Waals surface area contributed by atoms with Crippen molar-refractivity contribution in [1.29, 1.82) is 0 Å². The first-order valence-electron chi connectivity index (χ1n) is 10.5. The molecule has 0 saturated carbocycles. The van der Waals surface area contributed by atoms with Gasteiger partial charge in [-0.3, -0.25) is 29.3 Å². The number of benzene rings is 1. The van der Waals surface area contributed by atoms with Crippen molar-refractivity contribution in [1.82, 2.24) is 5.32 Å². The fraction of sp³-hybridized carbons (Fsp3) is 0.476. The predicted octanol–water partition coefficient (Wildman–Crippen LogP) is 0.964. The minimum absolute atomic E-state index is 0.0608. The molecule has 2 N–H and O–H groups in total. The molecule has 0 spiro atoms. The Labute approximate surface area is 210 Å². The molecule has 1 aliphatic rings. The molecular weight excluding hydrogens is 502 g/mol. The van der Waals surface area contributed by atoms with Crippen LogP contribution in [0.4, 0.5) is 11.4 Å². The normalized spacial score (nSPS) is 22.9. The Balaban J connectivity index is 2.40. The van der Waals surface area contributed by atoms with Crippen LogP contribution < -0.4 is 10.6 Å². The third-order valence-corrected chi connectivity index (χ3v) is 4.83. The number of carbonyl (C=O) groups is 4. The molecule has 0 aliphatic carbocycles. The van der Waals surface area contributed by atoms with Gasteiger partial charge in [-0.25, -0.2) is 0 Å². The Kier molecular flexibility index (Phi) is 10.0. The Bertz CT molecular complexity index is 1030. The zero-order valence-corrected chi connectivity index (χ0v) is 20.6. The van der Waals surface area contributed by atoms with Crippen LogP contribution in [0, 0.1) is 10.1 Å². The minimum atomic E-state index is -1.39. The van der Waals surface area contributed by atoms with Gasteiger partial charge in [-0.15, -0.1) is 0 Å². The number of ether oxygens (including phenoxy) is 5. The van der Waals surface area contributed by atoms with Crippen molar-refractivity contribution < 1.29 is 47.8 Å². The summed E-state index contributed by atoms with van der Waals surface area (Å²) >= 11 is 5.26. The Morgan fingerprint density at radius 2 is 1.50 bits per heavy atom. The topological polar surface area (TPSA) is 182 Å². The molecule has 14 nitrogen and oxygen atoms in total. The molecular formula is C21H25N3O11S. The van der Waals surface area contributed by atoms with Gasteiger partial charge in [0.25, 0.3) is 5.69 Å². The fourth-order valence-corrected chi connectivity index (χ4v) is 3.60. The van der Waals surface area contributed by atoms with Crippen molar-refractivity contribution in [3.8, 4) is 0 Å². The number of nitro groups is 1. The van der Waals surface area contributed by atoms with Gasteiger partial charge in [0.15, 0.2) is 29.7 Å². The number of nitro benzene ring substituents is 1. The van der Waals surface area contributed by atoms with Crippen LogP contribution in [0.2, 0.25) is 0 Å². The van der Waals surface area contributed by atoms with Crippen LogP contribution in [0.5, 0.6) is 0 Å². The number of thiocarbonyl (C=S) groups is 1. The van der Waals surface area contributed by atoms with Gasteiger partial charge in [-0.1, -0.05) is 12.1 Å². The lowest BCUT2D eigenvalue weighted by Crippen LogP contribution is -2.66. The van der Waals surface area contributed by atoms with Gasteiger partial charge in [0, 0.05) is 33.8 Å². The van der Waals surface area contributed by atoms with E-state index >= 15 is 0 Å². The Morgan fingerprint density at radius 3 is 2.06 bits per heavy atom. The number of nitrogens with zero attached hydrogens (tertiary/aromatic N) is 1. The van der Waals surface area contributed by atoms with Crippen LogP contribution in [0.3, 0.4) is 0 Å². The number of hydrogen-bond donors (Lipinski definition) is 2. The van der Waals surface area contributed by atoms with Crippen LogP contribution in [0.25, 0.3) is 0 Å². The molecule has 36 heavy (non-hydrogen) atoms. The van der Waals surface area contributed by atoms with Crippen LogP contribution in [-0.4, -0.2) is 71.2 Å². The first-order valence-corrected chi connectivity index (χ1v) is 10.9. The van der Waals surface area contributed by atoms with Crippen LogP contribution in [0.15, 0.2) is 24.3 Å². The summed E-state index contributed by atoms with van der Waals surface area (Å²) in [6, 6.07) is 5.70. The molecule has 0 radical (unpaired) electrons. The van der Waals surface area contributed by atoms with Crippen LogP contribution in [0.1, 0.15) is 27.7 Å². The van der Waals surface area contributed by atoms with Crippen LogP contribution >= 0.6 is 12.2 Å². The zero-order chi connectivity index (χ0) is 27.0. The molecule has 0 amide bonds. The number of hydrogen-bond acceptors (Lipinski definition) is 12. The molecule has 1 heterocycles. The zero-order valence-electron chi connectivity index (χ0n) is 19.7. The first kappa shape index (κ1) is 28.4. The molecule has 2 rings (SSSR count). The third-order valence-electron chi connectivity index (χ3n) is 4.61. The van der Waals surface area contributed by atoms with Gasteiger partial charge < -0.3 is 34.3 Å². The van der Waals surface area contributed by atoms with E-state index in [9.17, 15) is 29.3 Å². The first-order chi connectivity index (χ1) is 16.9. The van der Waals surface area contributed by atoms with Gasteiger partial charge in [0.1, 0.15) is 18.4 Å². The summed E-state index contributed by atoms with van der Waals surface area (Å²) in [6.45, 7) is 4.02. The number of nitrogens with one attached hydrogen (secondary N) is 2. The second kappa shape index (κ2) is 12.7. The van der Waals surface area contributed by atoms with Crippen molar-refractivity contribution in [3.63, 3.8) is 0 Å². The summed E-state index contributed by atoms with van der Waals surface area (Å²) in [5.74, 6) is -3.01. The largest absolute Gasteiger partial charge is 0.463 e. The SMILES string of the molecule is CC(=O)OC[C@@H]1O[C@@H](NC(=S)Nc2ccccc2[N+](=O)[O-])[C@@H](OC(C)=O)[C@@H](OC(C)=O)[C@@H]1OC(C)=O. The average Bonchev–Trinajstić information content (AvgIpc) is 2.75. The molecule has 1 aromatic rings. The molecule has 1 aliphatic heterocycles. The lowest BCUT2D eigenvalue weighted by atomic mass is 9.97. The number of carbonyl (C=O) groups excluding carboxylic acids is 4. The van der Waals surface area contributed by atoms with Gasteiger partial charge in [-0.05, 0) is 18.3 Å². The maximum absolute atomic E-state index is 11.9. The quantitative estimate of drug-likeness (QED) is 0.160. The summed E-state index contributed by atoms with van der Waals surface area (Å²) in [5, 5.41) is 16.5. The summed E-state index contributed by atoms with van der Waals surface area (Å²) in [7, 11) is 0. The van der Waals surface area contributed by atoms with E-state index in [1.807, 2.05) is 0 Å². The number of para-hydroxylation sites is 2. The monoisotopic (exact) mass is 527 g/mol. The summed E-state index contributed by atoms with van der Waals surface area (Å²) in [6.07, 6.45) is -6.62. The average molecular weight is 528 g/mol. The molecule has 15 heteroatoms. The van der Waals surface area contributed by atoms with E-state index in [4.69, 9.17) is 35.9 Å². The molecule has 0 aromatic heterocycles. The summed E-state index contributed by atoms with van der Waals surface area (Å²) in [5.41, 5.74) is -0.200. The molecule has 196 valence electrons. The van der Waals surface area contributed by atoms with Crippen molar-refractivity contribution >= 4 is 52.6 Å². The minimum Gasteiger partial charge on any atom is -0.463 e. The molecule has 1 fully saturated rings. The highest BCUT2D eigenvalue weighted by Gasteiger charge is 2.52. The van der Waals surface area contributed by atoms with Crippen molar-refractivity contribution in [3.05, 3.63) is 34.4 Å². The maximum atomic E-state index is 11.9. The molecule has 1 saturated heterocycles. The Hall–Kier alpha value is -3.85. The summed E-state index contributed by atoms with van der Waals surface area (Å²) in [4.78, 5) is 57.6. The highest BCUT2D eigenvalue weighted by atomic mass is 32.1. The lowest BCUT2D eigenvalue weighted by molar-refractivity contribution is -0.383. The predicted molar refractivity (Wildman–Crippen MR) is 124 cm³/mol. The number of anilines is 1. The Morgan fingerprint density at radius 1 is 0.944 bits per heavy atom. The maximum Gasteiger partial charge on any atom is 0.303 e. The van der Waals surface area contributed by atoms with Crippen molar-refractivity contribution in [2.45, 2.75) is 58.3 Å². The lowest BCUT2D eigenvalue weighted by Gasteiger charge is -2.44. The highest BCUT2D eigenvalue weighted by Crippen LogP contribution is 2.29. The van der Waals surface area contributed by atoms with E-state index in [0.717, 1.165) is 27.7 Å². The fourth-order valence-electron chi connectivity index (χ4n) is 3.37. The van der Waals surface area contributed by atoms with Crippen molar-refractivity contribution in [2.24, 2.45) is 0 Å². The highest BCUT2D eigenvalue weighted by molar-refractivity contribution is 7.80. The molecule has 1 aromatic carbocycles. The van der Waals surface area contributed by atoms with Crippen LogP contribution in [-0.2, 0) is 42.9 Å². The van der Waals surface area contributed by atoms with E-state index < -0.39 is 66.1 Å². The van der Waals surface area contributed by atoms with E-state index in [0.29, 0.717) is 0 Å². The van der Waals surface area contributed by atoms with Gasteiger partial charge in [-0.2, -0.15) is 0 Å². The smallest absolute Gasteiger partial charge is 0.303 e. The summed E-state index contributed by atoms with van der Waals surface area (Å²) < 4.78 is 26.8. The third kappa shape index (κ3) is 8.13. The van der Waals surface area contributed by atoms with E-state index in [-0.39, 0.29) is 16.5 Å². The van der Waals surface area contributed by atoms with Gasteiger partial charge in [0.2, 0.25) is 0 Å². The van der Waals surface area contributed by atoms with Gasteiger partial charge in [0.05, 0.1) is 4.92 Å². The molecule has 0 unspecified atom stereocenters. The van der Waals surface area contributed by atoms with E-state index in [1.165, 1.54) is 18.2 Å². The second-order valence-corrected chi connectivity index (χ2v) is 7.90. The second-order valence-electron chi connectivity index (χ2n) is 7.49. The molecule has 5 atom stereocenters.